The maximum atomic E-state index is 14.6. The van der Waals surface area contributed by atoms with Crippen molar-refractivity contribution in [1.29, 1.82) is 0 Å². The predicted molar refractivity (Wildman–Crippen MR) is 85.3 cm³/mol. The van der Waals surface area contributed by atoms with Gasteiger partial charge in [-0.25, -0.2) is 13.6 Å². The molecule has 2 saturated heterocycles. The molecule has 4 amide bonds. The van der Waals surface area contributed by atoms with Crippen LogP contribution in [0.3, 0.4) is 0 Å². The van der Waals surface area contributed by atoms with Gasteiger partial charge < -0.3 is 9.64 Å². The minimum atomic E-state index is -1.68. The van der Waals surface area contributed by atoms with Gasteiger partial charge in [0.05, 0.1) is 23.9 Å². The summed E-state index contributed by atoms with van der Waals surface area (Å²) in [6.07, 6.45) is -1.10. The molecule has 3 atom stereocenters. The number of urea groups is 1. The van der Waals surface area contributed by atoms with Gasteiger partial charge in [-0.1, -0.05) is 6.07 Å². The number of barbiturate groups is 1. The van der Waals surface area contributed by atoms with Gasteiger partial charge in [0.1, 0.15) is 0 Å². The first kappa shape index (κ1) is 16.9. The minimum Gasteiger partial charge on any atom is -0.372 e. The summed E-state index contributed by atoms with van der Waals surface area (Å²) in [6, 6.07) is 0.564. The van der Waals surface area contributed by atoms with Gasteiger partial charge >= 0.3 is 6.03 Å². The summed E-state index contributed by atoms with van der Waals surface area (Å²) in [6.45, 7) is 3.63. The van der Waals surface area contributed by atoms with Crippen molar-refractivity contribution in [3.8, 4) is 0 Å². The fourth-order valence-electron chi connectivity index (χ4n) is 4.46. The first-order valence-corrected chi connectivity index (χ1v) is 8.31. The van der Waals surface area contributed by atoms with Crippen molar-refractivity contribution in [2.24, 2.45) is 5.41 Å². The van der Waals surface area contributed by atoms with Crippen molar-refractivity contribution in [3.63, 3.8) is 0 Å². The molecule has 3 aliphatic heterocycles. The Kier molecular flexibility index (Phi) is 3.56. The highest BCUT2D eigenvalue weighted by molar-refractivity contribution is 6.20. The third-order valence-corrected chi connectivity index (χ3v) is 5.36. The Morgan fingerprint density at radius 2 is 1.81 bits per heavy atom. The zero-order chi connectivity index (χ0) is 18.8. The molecule has 9 heteroatoms. The van der Waals surface area contributed by atoms with Gasteiger partial charge in [-0.3, -0.25) is 20.2 Å². The highest BCUT2D eigenvalue weighted by Crippen LogP contribution is 2.47. The molecule has 3 heterocycles. The molecule has 0 radical (unpaired) electrons. The molecule has 0 unspecified atom stereocenters. The average Bonchev–Trinajstić information content (AvgIpc) is 2.55. The topological polar surface area (TPSA) is 87.7 Å². The van der Waals surface area contributed by atoms with E-state index in [1.165, 1.54) is 11.0 Å². The van der Waals surface area contributed by atoms with Gasteiger partial charge in [0, 0.05) is 13.0 Å². The lowest BCUT2D eigenvalue weighted by atomic mass is 9.66. The van der Waals surface area contributed by atoms with E-state index in [9.17, 15) is 23.2 Å². The summed E-state index contributed by atoms with van der Waals surface area (Å²) in [5.41, 5.74) is -1.30. The van der Waals surface area contributed by atoms with E-state index >= 15 is 0 Å². The number of hydrogen-bond acceptors (Lipinski definition) is 5. The number of carbonyl (C=O) groups is 3. The van der Waals surface area contributed by atoms with Crippen molar-refractivity contribution < 1.29 is 27.9 Å². The summed E-state index contributed by atoms with van der Waals surface area (Å²) >= 11 is 0. The summed E-state index contributed by atoms with van der Waals surface area (Å²) in [7, 11) is 0. The molecule has 1 aromatic carbocycles. The molecule has 0 aromatic heterocycles. The normalized spacial score (nSPS) is 29.8. The van der Waals surface area contributed by atoms with Gasteiger partial charge in [-0.2, -0.15) is 0 Å². The van der Waals surface area contributed by atoms with Crippen LogP contribution in [-0.2, 0) is 20.7 Å². The number of halogens is 2. The van der Waals surface area contributed by atoms with Crippen LogP contribution in [0.2, 0.25) is 0 Å². The van der Waals surface area contributed by atoms with Crippen LogP contribution < -0.4 is 15.5 Å². The maximum absolute atomic E-state index is 14.6. The van der Waals surface area contributed by atoms with E-state index in [1.807, 2.05) is 0 Å². The third-order valence-electron chi connectivity index (χ3n) is 5.36. The number of anilines is 1. The zero-order valence-corrected chi connectivity index (χ0v) is 14.1. The molecule has 2 fully saturated rings. The maximum Gasteiger partial charge on any atom is 0.328 e. The van der Waals surface area contributed by atoms with Gasteiger partial charge in [0.2, 0.25) is 11.8 Å². The Labute approximate surface area is 147 Å². The highest BCUT2D eigenvalue weighted by atomic mass is 19.2. The van der Waals surface area contributed by atoms with E-state index in [0.717, 1.165) is 6.07 Å². The SMILES string of the molecule is C[C@@H]1CN2c3c(ccc(F)c3F)CC3(C(=O)NC(=O)NC3=O)[C@H]2[C@H](C)O1. The van der Waals surface area contributed by atoms with Gasteiger partial charge in [-0.05, 0) is 25.5 Å². The second-order valence-electron chi connectivity index (χ2n) is 7.00. The molecule has 2 N–H and O–H groups in total. The first-order chi connectivity index (χ1) is 12.3. The molecule has 1 spiro atoms. The number of benzene rings is 1. The number of hydrogen-bond donors (Lipinski definition) is 2. The summed E-state index contributed by atoms with van der Waals surface area (Å²) in [5.74, 6) is -3.54. The number of amides is 4. The molecule has 7 nitrogen and oxygen atoms in total. The molecule has 0 saturated carbocycles. The van der Waals surface area contributed by atoms with Crippen LogP contribution in [0.15, 0.2) is 12.1 Å². The minimum absolute atomic E-state index is 0.0418. The largest absolute Gasteiger partial charge is 0.372 e. The van der Waals surface area contributed by atoms with E-state index < -0.39 is 47.0 Å². The Balaban J connectivity index is 1.95. The van der Waals surface area contributed by atoms with E-state index in [2.05, 4.69) is 10.6 Å². The average molecular weight is 365 g/mol. The standard InChI is InChI=1S/C17H17F2N3O4/c1-7-6-22-12-9(3-4-10(18)11(12)19)5-17(13(22)8(2)26-7)14(23)20-16(25)21-15(17)24/h3-4,7-8,13H,5-6H2,1-2H3,(H2,20,21,23,24,25)/t7-,8+,13-/m1/s1. The molecule has 1 aromatic rings. The van der Waals surface area contributed by atoms with E-state index in [1.54, 1.807) is 13.8 Å². The van der Waals surface area contributed by atoms with Gasteiger partial charge in [-0.15, -0.1) is 0 Å². The van der Waals surface area contributed by atoms with Gasteiger partial charge in [0.25, 0.3) is 0 Å². The molecule has 26 heavy (non-hydrogen) atoms. The molecule has 4 rings (SSSR count). The lowest BCUT2D eigenvalue weighted by Gasteiger charge is -2.55. The van der Waals surface area contributed by atoms with Crippen molar-refractivity contribution in [2.75, 3.05) is 11.4 Å². The summed E-state index contributed by atoms with van der Waals surface area (Å²) < 4.78 is 34.3. The number of nitrogens with zero attached hydrogens (tertiary/aromatic N) is 1. The quantitative estimate of drug-likeness (QED) is 0.666. The van der Waals surface area contributed by atoms with Crippen LogP contribution >= 0.6 is 0 Å². The molecular weight excluding hydrogens is 348 g/mol. The molecule has 0 bridgehead atoms. The Hall–Kier alpha value is -2.55. The zero-order valence-electron chi connectivity index (χ0n) is 14.1. The second kappa shape index (κ2) is 5.47. The Morgan fingerprint density at radius 3 is 2.46 bits per heavy atom. The lowest BCUT2D eigenvalue weighted by molar-refractivity contribution is -0.153. The molecule has 3 aliphatic rings. The third kappa shape index (κ3) is 2.09. The molecule has 138 valence electrons. The van der Waals surface area contributed by atoms with Gasteiger partial charge in [0.15, 0.2) is 17.0 Å². The van der Waals surface area contributed by atoms with Crippen LogP contribution in [0.1, 0.15) is 19.4 Å². The monoisotopic (exact) mass is 365 g/mol. The number of imide groups is 2. The smallest absolute Gasteiger partial charge is 0.328 e. The fraction of sp³-hybridized carbons (Fsp3) is 0.471. The Morgan fingerprint density at radius 1 is 1.15 bits per heavy atom. The Bertz CT molecular complexity index is 824. The van der Waals surface area contributed by atoms with Crippen LogP contribution in [0, 0.1) is 17.0 Å². The van der Waals surface area contributed by atoms with Crippen LogP contribution in [-0.4, -0.2) is 42.6 Å². The number of carbonyl (C=O) groups excluding carboxylic acids is 3. The second-order valence-corrected chi connectivity index (χ2v) is 7.00. The number of fused-ring (bicyclic) bond motifs is 4. The first-order valence-electron chi connectivity index (χ1n) is 8.31. The molecular formula is C17H17F2N3O4. The van der Waals surface area contributed by atoms with Crippen molar-refractivity contribution in [2.45, 2.75) is 38.5 Å². The highest BCUT2D eigenvalue weighted by Gasteiger charge is 2.63. The van der Waals surface area contributed by atoms with Crippen LogP contribution in [0.4, 0.5) is 19.3 Å². The van der Waals surface area contributed by atoms with Crippen molar-refractivity contribution in [3.05, 3.63) is 29.3 Å². The predicted octanol–water partition coefficient (Wildman–Crippen LogP) is 0.856. The van der Waals surface area contributed by atoms with Crippen molar-refractivity contribution >= 4 is 23.5 Å². The van der Waals surface area contributed by atoms with E-state index in [4.69, 9.17) is 4.74 Å². The number of morpholine rings is 1. The van der Waals surface area contributed by atoms with Crippen LogP contribution in [0.5, 0.6) is 0 Å². The number of nitrogens with one attached hydrogen (secondary N) is 2. The van der Waals surface area contributed by atoms with E-state index in [-0.39, 0.29) is 24.8 Å². The van der Waals surface area contributed by atoms with Crippen LogP contribution in [0.25, 0.3) is 0 Å². The fourth-order valence-corrected chi connectivity index (χ4v) is 4.46. The summed E-state index contributed by atoms with van der Waals surface area (Å²) in [4.78, 5) is 38.6. The lowest BCUT2D eigenvalue weighted by Crippen LogP contribution is -2.75. The van der Waals surface area contributed by atoms with Crippen molar-refractivity contribution in [1.82, 2.24) is 10.6 Å². The number of rotatable bonds is 0. The summed E-state index contributed by atoms with van der Waals surface area (Å²) in [5, 5.41) is 4.26. The number of ether oxygens (including phenoxy) is 1. The van der Waals surface area contributed by atoms with E-state index in [0.29, 0.717) is 5.56 Å². The molecule has 0 aliphatic carbocycles.